The van der Waals surface area contributed by atoms with Gasteiger partial charge in [0.2, 0.25) is 5.91 Å². The van der Waals surface area contributed by atoms with E-state index in [9.17, 15) is 4.79 Å². The first-order valence-corrected chi connectivity index (χ1v) is 6.00. The lowest BCUT2D eigenvalue weighted by Crippen LogP contribution is -2.45. The smallest absolute Gasteiger partial charge is 0.242 e. The minimum Gasteiger partial charge on any atom is -0.350 e. The van der Waals surface area contributed by atoms with Gasteiger partial charge in [0, 0.05) is 12.6 Å². The van der Waals surface area contributed by atoms with Gasteiger partial charge in [-0.1, -0.05) is 12.8 Å². The number of carbonyl (C=O) groups is 1. The van der Waals surface area contributed by atoms with Crippen molar-refractivity contribution in [2.24, 2.45) is 11.7 Å². The third-order valence-electron chi connectivity index (χ3n) is 3.27. The number of nitrogens with zero attached hydrogens (tertiary/aromatic N) is 4. The fraction of sp³-hybridized carbons (Fsp3) is 0.800. The quantitative estimate of drug-likeness (QED) is 0.707. The van der Waals surface area contributed by atoms with E-state index in [2.05, 4.69) is 20.8 Å². The summed E-state index contributed by atoms with van der Waals surface area (Å²) in [5, 5.41) is 13.6. The van der Waals surface area contributed by atoms with Gasteiger partial charge >= 0.3 is 0 Å². The summed E-state index contributed by atoms with van der Waals surface area (Å²) in [5.41, 5.74) is 5.71. The Labute approximate surface area is 99.7 Å². The Morgan fingerprint density at radius 2 is 2.29 bits per heavy atom. The van der Waals surface area contributed by atoms with Crippen molar-refractivity contribution in [1.82, 2.24) is 25.5 Å². The van der Waals surface area contributed by atoms with Gasteiger partial charge in [-0.15, -0.1) is 5.10 Å². The van der Waals surface area contributed by atoms with Gasteiger partial charge < -0.3 is 11.1 Å². The van der Waals surface area contributed by atoms with Crippen molar-refractivity contribution >= 4 is 5.91 Å². The summed E-state index contributed by atoms with van der Waals surface area (Å²) in [6, 6.07) is 0.0847. The van der Waals surface area contributed by atoms with Gasteiger partial charge in [-0.05, 0) is 29.2 Å². The van der Waals surface area contributed by atoms with Crippen molar-refractivity contribution in [3.05, 3.63) is 6.33 Å². The molecule has 1 saturated carbocycles. The molecule has 1 aliphatic rings. The van der Waals surface area contributed by atoms with Crippen molar-refractivity contribution in [2.75, 3.05) is 6.54 Å². The second-order valence-corrected chi connectivity index (χ2v) is 4.46. The van der Waals surface area contributed by atoms with Crippen molar-refractivity contribution < 1.29 is 4.79 Å². The molecule has 17 heavy (non-hydrogen) atoms. The van der Waals surface area contributed by atoms with E-state index >= 15 is 0 Å². The fourth-order valence-corrected chi connectivity index (χ4v) is 2.38. The normalized spacial score (nSPS) is 18.2. The molecule has 1 unspecified atom stereocenters. The zero-order chi connectivity index (χ0) is 12.1. The molecule has 0 spiro atoms. The van der Waals surface area contributed by atoms with Gasteiger partial charge in [-0.25, -0.2) is 4.68 Å². The second kappa shape index (κ2) is 5.72. The molecule has 1 aromatic rings. The highest BCUT2D eigenvalue weighted by Crippen LogP contribution is 2.27. The molecule has 0 saturated heterocycles. The number of nitrogens with two attached hydrogens (primary N) is 1. The van der Waals surface area contributed by atoms with Crippen LogP contribution in [0.25, 0.3) is 0 Å². The van der Waals surface area contributed by atoms with Crippen LogP contribution in [-0.2, 0) is 11.3 Å². The molecule has 3 N–H and O–H groups in total. The van der Waals surface area contributed by atoms with Crippen LogP contribution >= 0.6 is 0 Å². The molecule has 7 heteroatoms. The minimum absolute atomic E-state index is 0.0837. The number of rotatable bonds is 5. The third-order valence-corrected chi connectivity index (χ3v) is 3.27. The number of hydrogen-bond donors (Lipinski definition) is 2. The average molecular weight is 238 g/mol. The highest BCUT2D eigenvalue weighted by atomic mass is 16.2. The van der Waals surface area contributed by atoms with E-state index in [1.807, 2.05) is 0 Å². The molecule has 0 aromatic carbocycles. The zero-order valence-electron chi connectivity index (χ0n) is 9.75. The van der Waals surface area contributed by atoms with E-state index in [1.54, 1.807) is 0 Å². The Morgan fingerprint density at radius 3 is 2.88 bits per heavy atom. The highest BCUT2D eigenvalue weighted by Gasteiger charge is 2.25. The van der Waals surface area contributed by atoms with Gasteiger partial charge in [0.15, 0.2) is 0 Å². The molecule has 1 atom stereocenters. The summed E-state index contributed by atoms with van der Waals surface area (Å²) in [7, 11) is 0. The molecule has 0 bridgehead atoms. The first-order chi connectivity index (χ1) is 8.29. The lowest BCUT2D eigenvalue weighted by molar-refractivity contribution is -0.122. The summed E-state index contributed by atoms with van der Waals surface area (Å²) in [6.07, 6.45) is 6.22. The van der Waals surface area contributed by atoms with Crippen molar-refractivity contribution in [3.8, 4) is 0 Å². The molecule has 1 fully saturated rings. The Morgan fingerprint density at radius 1 is 1.53 bits per heavy atom. The molecule has 7 nitrogen and oxygen atoms in total. The number of amides is 1. The lowest BCUT2D eigenvalue weighted by Gasteiger charge is -2.22. The van der Waals surface area contributed by atoms with E-state index in [4.69, 9.17) is 5.73 Å². The first kappa shape index (κ1) is 12.0. The Hall–Kier alpha value is -1.50. The molecule has 1 amide bonds. The van der Waals surface area contributed by atoms with Gasteiger partial charge in [0.1, 0.15) is 12.9 Å². The number of hydrogen-bond acceptors (Lipinski definition) is 5. The number of tetrazole rings is 1. The standard InChI is InChI=1S/C10H18N6O/c11-5-9(8-3-1-2-4-8)13-10(17)6-16-7-12-14-15-16/h7-9H,1-6,11H2,(H,13,17). The molecule has 1 aromatic heterocycles. The summed E-state index contributed by atoms with van der Waals surface area (Å²) in [4.78, 5) is 11.8. The maximum atomic E-state index is 11.8. The maximum Gasteiger partial charge on any atom is 0.242 e. The average Bonchev–Trinajstić information content (AvgIpc) is 2.97. The molecule has 94 valence electrons. The van der Waals surface area contributed by atoms with Crippen LogP contribution in [0.4, 0.5) is 0 Å². The van der Waals surface area contributed by atoms with E-state index < -0.39 is 0 Å². The predicted molar refractivity (Wildman–Crippen MR) is 60.8 cm³/mol. The van der Waals surface area contributed by atoms with Gasteiger partial charge in [0.05, 0.1) is 0 Å². The Balaban J connectivity index is 1.83. The fourth-order valence-electron chi connectivity index (χ4n) is 2.38. The van der Waals surface area contributed by atoms with E-state index in [1.165, 1.54) is 23.9 Å². The molecule has 1 aliphatic carbocycles. The molecule has 0 aliphatic heterocycles. The second-order valence-electron chi connectivity index (χ2n) is 4.46. The number of aromatic nitrogens is 4. The van der Waals surface area contributed by atoms with Crippen LogP contribution in [0, 0.1) is 5.92 Å². The molecular formula is C10H18N6O. The van der Waals surface area contributed by atoms with Crippen LogP contribution in [0.3, 0.4) is 0 Å². The van der Waals surface area contributed by atoms with E-state index in [-0.39, 0.29) is 18.5 Å². The highest BCUT2D eigenvalue weighted by molar-refractivity contribution is 5.75. The van der Waals surface area contributed by atoms with Crippen LogP contribution in [-0.4, -0.2) is 38.7 Å². The summed E-state index contributed by atoms with van der Waals surface area (Å²) >= 11 is 0. The van der Waals surface area contributed by atoms with Crippen molar-refractivity contribution in [2.45, 2.75) is 38.3 Å². The molecular weight excluding hydrogens is 220 g/mol. The zero-order valence-corrected chi connectivity index (χ0v) is 9.75. The Kier molecular flexibility index (Phi) is 4.03. The largest absolute Gasteiger partial charge is 0.350 e. The number of carbonyl (C=O) groups excluding carboxylic acids is 1. The predicted octanol–water partition coefficient (Wildman–Crippen LogP) is -0.693. The van der Waals surface area contributed by atoms with Crippen LogP contribution in [0.1, 0.15) is 25.7 Å². The molecule has 2 rings (SSSR count). The summed E-state index contributed by atoms with van der Waals surface area (Å²) < 4.78 is 1.40. The Bertz CT molecular complexity index is 346. The van der Waals surface area contributed by atoms with Crippen LogP contribution in [0.2, 0.25) is 0 Å². The van der Waals surface area contributed by atoms with Crippen LogP contribution < -0.4 is 11.1 Å². The molecule has 1 heterocycles. The summed E-state index contributed by atoms with van der Waals surface area (Å²) in [5.74, 6) is 0.442. The van der Waals surface area contributed by atoms with Crippen LogP contribution in [0.5, 0.6) is 0 Å². The van der Waals surface area contributed by atoms with E-state index in [0.717, 1.165) is 12.8 Å². The maximum absolute atomic E-state index is 11.8. The topological polar surface area (TPSA) is 98.7 Å². The minimum atomic E-state index is -0.0837. The van der Waals surface area contributed by atoms with Crippen molar-refractivity contribution in [1.29, 1.82) is 0 Å². The van der Waals surface area contributed by atoms with Gasteiger partial charge in [-0.3, -0.25) is 4.79 Å². The van der Waals surface area contributed by atoms with Gasteiger partial charge in [-0.2, -0.15) is 0 Å². The van der Waals surface area contributed by atoms with Crippen LogP contribution in [0.15, 0.2) is 6.33 Å². The monoisotopic (exact) mass is 238 g/mol. The van der Waals surface area contributed by atoms with Gasteiger partial charge in [0.25, 0.3) is 0 Å². The summed E-state index contributed by atoms with van der Waals surface area (Å²) in [6.45, 7) is 0.641. The first-order valence-electron chi connectivity index (χ1n) is 6.00. The van der Waals surface area contributed by atoms with E-state index in [0.29, 0.717) is 12.5 Å². The molecule has 0 radical (unpaired) electrons. The SMILES string of the molecule is NCC(NC(=O)Cn1cnnn1)C1CCCC1. The third kappa shape index (κ3) is 3.23. The number of nitrogens with one attached hydrogen (secondary N) is 1. The lowest BCUT2D eigenvalue weighted by atomic mass is 9.98. The van der Waals surface area contributed by atoms with Crippen molar-refractivity contribution in [3.63, 3.8) is 0 Å².